The Bertz CT molecular complexity index is 311. The van der Waals surface area contributed by atoms with Gasteiger partial charge in [-0.1, -0.05) is 15.9 Å². The first-order valence-corrected chi connectivity index (χ1v) is 6.60. The van der Waals surface area contributed by atoms with Gasteiger partial charge in [0.05, 0.1) is 4.88 Å². The Balaban J connectivity index is 2.78. The van der Waals surface area contributed by atoms with Gasteiger partial charge < -0.3 is 4.90 Å². The van der Waals surface area contributed by atoms with E-state index in [0.717, 1.165) is 28.9 Å². The highest BCUT2D eigenvalue weighted by Crippen LogP contribution is 2.17. The number of hydrogen-bond acceptors (Lipinski definition) is 2. The number of nitrogens with zero attached hydrogens (tertiary/aromatic N) is 1. The molecule has 0 saturated carbocycles. The maximum absolute atomic E-state index is 12.0. The topological polar surface area (TPSA) is 20.3 Å². The summed E-state index contributed by atoms with van der Waals surface area (Å²) < 4.78 is 0. The summed E-state index contributed by atoms with van der Waals surface area (Å²) in [6.07, 6.45) is 0. The van der Waals surface area contributed by atoms with Crippen molar-refractivity contribution in [1.82, 2.24) is 4.90 Å². The molecule has 1 aromatic rings. The molecule has 1 heterocycles. The molecular formula is C10H14BrNOS. The Morgan fingerprint density at radius 2 is 2.36 bits per heavy atom. The third kappa shape index (κ3) is 2.58. The number of halogens is 1. The summed E-state index contributed by atoms with van der Waals surface area (Å²) in [4.78, 5) is 14.7. The number of rotatable bonds is 4. The molecule has 0 fully saturated rings. The Kier molecular flexibility index (Phi) is 4.62. The average molecular weight is 276 g/mol. The zero-order chi connectivity index (χ0) is 10.6. The van der Waals surface area contributed by atoms with Crippen LogP contribution < -0.4 is 0 Å². The first-order valence-electron chi connectivity index (χ1n) is 4.60. The minimum atomic E-state index is 0.152. The molecule has 0 saturated heterocycles. The molecule has 1 amide bonds. The van der Waals surface area contributed by atoms with E-state index in [-0.39, 0.29) is 5.91 Å². The molecule has 14 heavy (non-hydrogen) atoms. The van der Waals surface area contributed by atoms with Gasteiger partial charge in [0.2, 0.25) is 0 Å². The lowest BCUT2D eigenvalue weighted by Gasteiger charge is -2.19. The van der Waals surface area contributed by atoms with Gasteiger partial charge in [-0.3, -0.25) is 4.79 Å². The van der Waals surface area contributed by atoms with E-state index in [2.05, 4.69) is 15.9 Å². The van der Waals surface area contributed by atoms with E-state index in [1.54, 1.807) is 0 Å². The number of alkyl halides is 1. The second-order valence-electron chi connectivity index (χ2n) is 3.01. The minimum Gasteiger partial charge on any atom is -0.337 e. The average Bonchev–Trinajstić information content (AvgIpc) is 2.59. The highest BCUT2D eigenvalue weighted by Gasteiger charge is 2.16. The summed E-state index contributed by atoms with van der Waals surface area (Å²) in [5.74, 6) is 0.152. The Morgan fingerprint density at radius 1 is 1.64 bits per heavy atom. The minimum absolute atomic E-state index is 0.152. The van der Waals surface area contributed by atoms with Crippen molar-refractivity contribution in [2.75, 3.05) is 18.4 Å². The summed E-state index contributed by atoms with van der Waals surface area (Å²) in [6.45, 7) is 5.52. The highest BCUT2D eigenvalue weighted by atomic mass is 79.9. The second kappa shape index (κ2) is 5.51. The van der Waals surface area contributed by atoms with Crippen molar-refractivity contribution in [3.05, 3.63) is 21.9 Å². The molecule has 0 atom stereocenters. The predicted molar refractivity (Wildman–Crippen MR) is 64.4 cm³/mol. The smallest absolute Gasteiger partial charge is 0.264 e. The van der Waals surface area contributed by atoms with Crippen LogP contribution in [0.4, 0.5) is 0 Å². The molecule has 2 nitrogen and oxygen atoms in total. The van der Waals surface area contributed by atoms with Crippen molar-refractivity contribution >= 4 is 33.2 Å². The zero-order valence-corrected chi connectivity index (χ0v) is 10.8. The van der Waals surface area contributed by atoms with E-state index in [1.165, 1.54) is 11.3 Å². The van der Waals surface area contributed by atoms with E-state index in [4.69, 9.17) is 0 Å². The van der Waals surface area contributed by atoms with Gasteiger partial charge in [-0.15, -0.1) is 11.3 Å². The van der Waals surface area contributed by atoms with E-state index in [9.17, 15) is 4.79 Å². The zero-order valence-electron chi connectivity index (χ0n) is 8.42. The van der Waals surface area contributed by atoms with Crippen molar-refractivity contribution in [2.45, 2.75) is 13.8 Å². The molecule has 4 heteroatoms. The first kappa shape index (κ1) is 11.7. The fourth-order valence-corrected chi connectivity index (χ4v) is 2.56. The van der Waals surface area contributed by atoms with Crippen LogP contribution in [0.2, 0.25) is 0 Å². The van der Waals surface area contributed by atoms with Gasteiger partial charge in [-0.2, -0.15) is 0 Å². The summed E-state index contributed by atoms with van der Waals surface area (Å²) in [6, 6.07) is 1.99. The lowest BCUT2D eigenvalue weighted by atomic mass is 10.2. The van der Waals surface area contributed by atoms with Crippen LogP contribution in [-0.4, -0.2) is 29.2 Å². The van der Waals surface area contributed by atoms with Crippen molar-refractivity contribution in [2.24, 2.45) is 0 Å². The molecule has 0 bridgehead atoms. The summed E-state index contributed by atoms with van der Waals surface area (Å²) >= 11 is 4.87. The molecule has 0 aromatic carbocycles. The third-order valence-corrected chi connectivity index (χ3v) is 3.44. The quantitative estimate of drug-likeness (QED) is 0.774. The summed E-state index contributed by atoms with van der Waals surface area (Å²) in [5, 5.41) is 2.79. The van der Waals surface area contributed by atoms with Crippen molar-refractivity contribution in [1.29, 1.82) is 0 Å². The molecule has 78 valence electrons. The maximum atomic E-state index is 12.0. The highest BCUT2D eigenvalue weighted by molar-refractivity contribution is 9.09. The van der Waals surface area contributed by atoms with Crippen LogP contribution >= 0.6 is 27.3 Å². The fourth-order valence-electron chi connectivity index (χ4n) is 1.24. The molecule has 0 aliphatic carbocycles. The van der Waals surface area contributed by atoms with Gasteiger partial charge in [-0.05, 0) is 30.9 Å². The van der Waals surface area contributed by atoms with Crippen LogP contribution in [0.5, 0.6) is 0 Å². The van der Waals surface area contributed by atoms with Gasteiger partial charge in [0.1, 0.15) is 0 Å². The van der Waals surface area contributed by atoms with Crippen molar-refractivity contribution in [3.8, 4) is 0 Å². The van der Waals surface area contributed by atoms with Gasteiger partial charge in [-0.25, -0.2) is 0 Å². The fraction of sp³-hybridized carbons (Fsp3) is 0.500. The van der Waals surface area contributed by atoms with Crippen LogP contribution in [0, 0.1) is 6.92 Å². The molecule has 0 aliphatic heterocycles. The van der Waals surface area contributed by atoms with Gasteiger partial charge in [0.15, 0.2) is 0 Å². The van der Waals surface area contributed by atoms with Crippen LogP contribution in [0.15, 0.2) is 11.4 Å². The largest absolute Gasteiger partial charge is 0.337 e. The van der Waals surface area contributed by atoms with Crippen LogP contribution in [0.3, 0.4) is 0 Å². The molecule has 1 aromatic heterocycles. The van der Waals surface area contributed by atoms with Gasteiger partial charge >= 0.3 is 0 Å². The number of amides is 1. The molecule has 0 spiro atoms. The third-order valence-electron chi connectivity index (χ3n) is 2.08. The lowest BCUT2D eigenvalue weighted by molar-refractivity contribution is 0.0779. The summed E-state index contributed by atoms with van der Waals surface area (Å²) in [7, 11) is 0. The second-order valence-corrected chi connectivity index (χ2v) is 4.72. The number of carbonyl (C=O) groups is 1. The van der Waals surface area contributed by atoms with E-state index in [0.29, 0.717) is 0 Å². The van der Waals surface area contributed by atoms with Gasteiger partial charge in [0.25, 0.3) is 5.91 Å². The Hall–Kier alpha value is -0.350. The molecular weight excluding hydrogens is 262 g/mol. The Morgan fingerprint density at radius 3 is 2.79 bits per heavy atom. The standard InChI is InChI=1S/C10H14BrNOS/c1-3-12(6-5-11)10(13)9-8(2)4-7-14-9/h4,7H,3,5-6H2,1-2H3. The number of carbonyl (C=O) groups excluding carboxylic acids is 1. The van der Waals surface area contributed by atoms with Crippen LogP contribution in [-0.2, 0) is 0 Å². The molecule has 0 unspecified atom stereocenters. The van der Waals surface area contributed by atoms with Gasteiger partial charge in [0, 0.05) is 18.4 Å². The summed E-state index contributed by atoms with van der Waals surface area (Å²) in [5.41, 5.74) is 1.08. The number of hydrogen-bond donors (Lipinski definition) is 0. The van der Waals surface area contributed by atoms with Crippen LogP contribution in [0.1, 0.15) is 22.2 Å². The van der Waals surface area contributed by atoms with E-state index in [1.807, 2.05) is 30.2 Å². The monoisotopic (exact) mass is 275 g/mol. The predicted octanol–water partition coefficient (Wildman–Crippen LogP) is 2.91. The lowest BCUT2D eigenvalue weighted by Crippen LogP contribution is -2.32. The first-order chi connectivity index (χ1) is 6.70. The molecule has 0 N–H and O–H groups in total. The molecule has 1 rings (SSSR count). The van der Waals surface area contributed by atoms with Crippen molar-refractivity contribution < 1.29 is 4.79 Å². The SMILES string of the molecule is CCN(CCBr)C(=O)c1sccc1C. The van der Waals surface area contributed by atoms with E-state index >= 15 is 0 Å². The van der Waals surface area contributed by atoms with Crippen molar-refractivity contribution in [3.63, 3.8) is 0 Å². The molecule has 0 radical (unpaired) electrons. The Labute approximate surface area is 97.1 Å². The number of aryl methyl sites for hydroxylation is 1. The maximum Gasteiger partial charge on any atom is 0.264 e. The normalized spacial score (nSPS) is 10.2. The van der Waals surface area contributed by atoms with E-state index < -0.39 is 0 Å². The molecule has 0 aliphatic rings. The van der Waals surface area contributed by atoms with Crippen LogP contribution in [0.25, 0.3) is 0 Å². The number of thiophene rings is 1.